The molecule has 2 fully saturated rings. The van der Waals surface area contributed by atoms with E-state index in [4.69, 9.17) is 5.73 Å². The fraction of sp³-hybridized carbons (Fsp3) is 0.643. The molecule has 2 aliphatic rings. The summed E-state index contributed by atoms with van der Waals surface area (Å²) >= 11 is 0. The summed E-state index contributed by atoms with van der Waals surface area (Å²) in [6.07, 6.45) is 9.45. The Morgan fingerprint density at radius 2 is 2.00 bits per heavy atom. The molecular weight excluding hydrogens is 196 g/mol. The zero-order chi connectivity index (χ0) is 11.1. The minimum atomic E-state index is 0.224. The van der Waals surface area contributed by atoms with E-state index in [9.17, 15) is 0 Å². The first-order valence-electron chi connectivity index (χ1n) is 6.45. The highest BCUT2D eigenvalue weighted by Gasteiger charge is 2.53. The molecule has 3 rings (SSSR count). The minimum Gasteiger partial charge on any atom is -0.324 e. The maximum atomic E-state index is 6.42. The first kappa shape index (κ1) is 10.3. The van der Waals surface area contributed by atoms with Crippen LogP contribution in [0.15, 0.2) is 18.5 Å². The third-order valence-corrected chi connectivity index (χ3v) is 4.58. The van der Waals surface area contributed by atoms with Crippen LogP contribution in [-0.2, 0) is 0 Å². The van der Waals surface area contributed by atoms with Gasteiger partial charge >= 0.3 is 0 Å². The summed E-state index contributed by atoms with van der Waals surface area (Å²) in [5, 5.41) is 0. The molecule has 1 heterocycles. The number of aromatic nitrogens is 1. The van der Waals surface area contributed by atoms with Crippen molar-refractivity contribution in [1.82, 2.24) is 4.98 Å². The molecule has 0 aromatic carbocycles. The molecule has 2 N–H and O–H groups in total. The van der Waals surface area contributed by atoms with Gasteiger partial charge in [0, 0.05) is 18.4 Å². The largest absolute Gasteiger partial charge is 0.324 e. The fourth-order valence-corrected chi connectivity index (χ4v) is 3.61. The zero-order valence-electron chi connectivity index (χ0n) is 9.89. The second-order valence-electron chi connectivity index (χ2n) is 5.45. The van der Waals surface area contributed by atoms with Gasteiger partial charge in [-0.3, -0.25) is 4.98 Å². The van der Waals surface area contributed by atoms with E-state index >= 15 is 0 Å². The van der Waals surface area contributed by atoms with Gasteiger partial charge in [-0.15, -0.1) is 0 Å². The van der Waals surface area contributed by atoms with Crippen LogP contribution in [0.5, 0.6) is 0 Å². The molecule has 0 bridgehead atoms. The number of nitrogens with two attached hydrogens (primary N) is 1. The molecule has 86 valence electrons. The molecule has 2 nitrogen and oxygen atoms in total. The SMILES string of the molecule is Cc1ccncc1C(N)C1C2CCCCC21. The molecule has 2 heteroatoms. The number of rotatable bonds is 2. The molecule has 3 unspecified atom stereocenters. The highest BCUT2D eigenvalue weighted by molar-refractivity contribution is 5.27. The average molecular weight is 216 g/mol. The summed E-state index contributed by atoms with van der Waals surface area (Å²) in [4.78, 5) is 4.21. The Hall–Kier alpha value is -0.890. The normalized spacial score (nSPS) is 34.2. The van der Waals surface area contributed by atoms with Gasteiger partial charge in [0.1, 0.15) is 0 Å². The molecule has 16 heavy (non-hydrogen) atoms. The molecule has 1 aromatic heterocycles. The number of fused-ring (bicyclic) bond motifs is 1. The van der Waals surface area contributed by atoms with Gasteiger partial charge in [0.2, 0.25) is 0 Å². The van der Waals surface area contributed by atoms with Gasteiger partial charge in [-0.25, -0.2) is 0 Å². The monoisotopic (exact) mass is 216 g/mol. The smallest absolute Gasteiger partial charge is 0.0347 e. The quantitative estimate of drug-likeness (QED) is 0.825. The Morgan fingerprint density at radius 1 is 1.31 bits per heavy atom. The highest BCUT2D eigenvalue weighted by atomic mass is 14.8. The van der Waals surface area contributed by atoms with Gasteiger partial charge in [-0.1, -0.05) is 12.8 Å². The second kappa shape index (κ2) is 3.85. The van der Waals surface area contributed by atoms with Crippen LogP contribution >= 0.6 is 0 Å². The fourth-order valence-electron chi connectivity index (χ4n) is 3.61. The number of aryl methyl sites for hydroxylation is 1. The lowest BCUT2D eigenvalue weighted by Crippen LogP contribution is -2.16. The number of hydrogen-bond acceptors (Lipinski definition) is 2. The Kier molecular flexibility index (Phi) is 2.47. The van der Waals surface area contributed by atoms with Crippen LogP contribution in [0.4, 0.5) is 0 Å². The third-order valence-electron chi connectivity index (χ3n) is 4.58. The van der Waals surface area contributed by atoms with Crippen LogP contribution in [0.25, 0.3) is 0 Å². The lowest BCUT2D eigenvalue weighted by Gasteiger charge is -2.14. The van der Waals surface area contributed by atoms with Crippen LogP contribution in [0.3, 0.4) is 0 Å². The Bertz CT molecular complexity index is 376. The van der Waals surface area contributed by atoms with E-state index in [-0.39, 0.29) is 6.04 Å². The van der Waals surface area contributed by atoms with Crippen molar-refractivity contribution in [2.45, 2.75) is 38.6 Å². The molecule has 0 spiro atoms. The Labute approximate surface area is 97.3 Å². The average Bonchev–Trinajstić information content (AvgIpc) is 3.03. The maximum Gasteiger partial charge on any atom is 0.0347 e. The molecule has 0 amide bonds. The predicted molar refractivity (Wildman–Crippen MR) is 64.8 cm³/mol. The van der Waals surface area contributed by atoms with E-state index in [2.05, 4.69) is 18.0 Å². The van der Waals surface area contributed by atoms with E-state index in [1.807, 2.05) is 12.4 Å². The van der Waals surface area contributed by atoms with Crippen molar-refractivity contribution < 1.29 is 0 Å². The summed E-state index contributed by atoms with van der Waals surface area (Å²) in [6, 6.07) is 2.29. The number of hydrogen-bond donors (Lipinski definition) is 1. The van der Waals surface area contributed by atoms with Crippen molar-refractivity contribution in [2.75, 3.05) is 0 Å². The zero-order valence-corrected chi connectivity index (χ0v) is 9.89. The van der Waals surface area contributed by atoms with E-state index in [0.717, 1.165) is 17.8 Å². The van der Waals surface area contributed by atoms with Crippen LogP contribution in [0, 0.1) is 24.7 Å². The summed E-state index contributed by atoms with van der Waals surface area (Å²) in [7, 11) is 0. The van der Waals surface area contributed by atoms with Gasteiger partial charge in [0.15, 0.2) is 0 Å². The van der Waals surface area contributed by atoms with E-state index in [1.165, 1.54) is 36.8 Å². The van der Waals surface area contributed by atoms with Crippen LogP contribution < -0.4 is 5.73 Å². The van der Waals surface area contributed by atoms with Gasteiger partial charge in [-0.05, 0) is 54.7 Å². The van der Waals surface area contributed by atoms with Gasteiger partial charge in [-0.2, -0.15) is 0 Å². The van der Waals surface area contributed by atoms with Crippen molar-refractivity contribution in [3.8, 4) is 0 Å². The summed E-state index contributed by atoms with van der Waals surface area (Å²) in [6.45, 7) is 2.14. The van der Waals surface area contributed by atoms with Gasteiger partial charge in [0.25, 0.3) is 0 Å². The first-order chi connectivity index (χ1) is 7.79. The van der Waals surface area contributed by atoms with Crippen molar-refractivity contribution in [1.29, 1.82) is 0 Å². The maximum absolute atomic E-state index is 6.42. The molecule has 0 aliphatic heterocycles. The summed E-state index contributed by atoms with van der Waals surface area (Å²) in [5.41, 5.74) is 8.98. The van der Waals surface area contributed by atoms with Crippen LogP contribution in [0.1, 0.15) is 42.9 Å². The van der Waals surface area contributed by atoms with Gasteiger partial charge < -0.3 is 5.73 Å². The molecule has 0 radical (unpaired) electrons. The Morgan fingerprint density at radius 3 is 2.62 bits per heavy atom. The van der Waals surface area contributed by atoms with E-state index < -0.39 is 0 Å². The van der Waals surface area contributed by atoms with Crippen LogP contribution in [0.2, 0.25) is 0 Å². The summed E-state index contributed by atoms with van der Waals surface area (Å²) in [5.74, 6) is 2.58. The molecule has 2 aliphatic carbocycles. The lowest BCUT2D eigenvalue weighted by molar-refractivity contribution is 0.480. The van der Waals surface area contributed by atoms with Crippen molar-refractivity contribution in [3.05, 3.63) is 29.6 Å². The molecule has 0 saturated heterocycles. The molecule has 2 saturated carbocycles. The van der Waals surface area contributed by atoms with Crippen molar-refractivity contribution in [2.24, 2.45) is 23.5 Å². The third kappa shape index (κ3) is 1.56. The molecular formula is C14H20N2. The second-order valence-corrected chi connectivity index (χ2v) is 5.45. The lowest BCUT2D eigenvalue weighted by atomic mass is 9.99. The van der Waals surface area contributed by atoms with Gasteiger partial charge in [0.05, 0.1) is 0 Å². The minimum absolute atomic E-state index is 0.224. The first-order valence-corrected chi connectivity index (χ1v) is 6.45. The number of pyridine rings is 1. The predicted octanol–water partition coefficient (Wildman–Crippen LogP) is 2.83. The topological polar surface area (TPSA) is 38.9 Å². The van der Waals surface area contributed by atoms with E-state index in [0.29, 0.717) is 0 Å². The Balaban J connectivity index is 1.79. The van der Waals surface area contributed by atoms with Crippen molar-refractivity contribution in [3.63, 3.8) is 0 Å². The van der Waals surface area contributed by atoms with Crippen molar-refractivity contribution >= 4 is 0 Å². The summed E-state index contributed by atoms with van der Waals surface area (Å²) < 4.78 is 0. The van der Waals surface area contributed by atoms with E-state index in [1.54, 1.807) is 0 Å². The van der Waals surface area contributed by atoms with Crippen LogP contribution in [-0.4, -0.2) is 4.98 Å². The highest BCUT2D eigenvalue weighted by Crippen LogP contribution is 2.59. The molecule has 3 atom stereocenters. The number of nitrogens with zero attached hydrogens (tertiary/aromatic N) is 1. The standard InChI is InChI=1S/C14H20N2/c1-9-6-7-16-8-12(9)14(15)13-10-4-2-3-5-11(10)13/h6-8,10-11,13-14H,2-5,15H2,1H3. The molecule has 1 aromatic rings.